The normalized spacial score (nSPS) is 22.4. The van der Waals surface area contributed by atoms with Crippen LogP contribution in [-0.4, -0.2) is 68.1 Å². The molecule has 6 aromatic carbocycles. The Bertz CT molecular complexity index is 3060. The number of hydrogen-bond acceptors (Lipinski definition) is 10. The maximum Gasteiger partial charge on any atom is 0.329 e. The topological polar surface area (TPSA) is 182 Å². The van der Waals surface area contributed by atoms with E-state index in [9.17, 15) is 14.7 Å². The molecule has 14 nitrogen and oxygen atoms in total. The Hall–Kier alpha value is -8.12. The number of cyclic esters (lactones) is 1. The number of nitrogens with zero attached hydrogens (tertiary/aromatic N) is 5. The van der Waals surface area contributed by atoms with Crippen molar-refractivity contribution in [3.8, 4) is 17.6 Å². The number of benzene rings is 6. The van der Waals surface area contributed by atoms with Gasteiger partial charge in [0.15, 0.2) is 0 Å². The zero-order valence-electron chi connectivity index (χ0n) is 36.3. The molecule has 2 fully saturated rings. The van der Waals surface area contributed by atoms with E-state index in [1.165, 1.54) is 0 Å². The average Bonchev–Trinajstić information content (AvgIpc) is 4.00. The predicted molar refractivity (Wildman–Crippen MR) is 248 cm³/mol. The summed E-state index contributed by atoms with van der Waals surface area (Å²) >= 11 is 0. The number of amides is 4. The molecule has 0 unspecified atom stereocenters. The Morgan fingerprint density at radius 3 is 2.21 bits per heavy atom. The van der Waals surface area contributed by atoms with Crippen LogP contribution in [0.3, 0.4) is 0 Å². The van der Waals surface area contributed by atoms with Gasteiger partial charge in [0.05, 0.1) is 41.9 Å². The van der Waals surface area contributed by atoms with Gasteiger partial charge in [0.1, 0.15) is 42.0 Å². The molecule has 0 saturated carbocycles. The lowest BCUT2D eigenvalue weighted by atomic mass is 9.65. The summed E-state index contributed by atoms with van der Waals surface area (Å²) in [7, 11) is 0. The van der Waals surface area contributed by atoms with Crippen molar-refractivity contribution in [2.24, 2.45) is 11.7 Å². The summed E-state index contributed by atoms with van der Waals surface area (Å²) < 4.78 is 13.9. The van der Waals surface area contributed by atoms with Crippen LogP contribution in [0.4, 0.5) is 10.5 Å². The number of nitrogens with two attached hydrogens (primary N) is 1. The maximum atomic E-state index is 16.3. The molecule has 2 saturated heterocycles. The van der Waals surface area contributed by atoms with E-state index in [2.05, 4.69) is 27.5 Å². The fourth-order valence-electron chi connectivity index (χ4n) is 10.3. The van der Waals surface area contributed by atoms with E-state index in [4.69, 9.17) is 15.2 Å². The minimum atomic E-state index is -2.02. The van der Waals surface area contributed by atoms with Gasteiger partial charge in [0.2, 0.25) is 11.8 Å². The number of carbonyl (C=O) groups excluding carboxylic acids is 4. The second-order valence-corrected chi connectivity index (χ2v) is 16.8. The monoisotopic (exact) mass is 891 g/mol. The number of aliphatic hydroxyl groups is 1. The maximum absolute atomic E-state index is 16.3. The van der Waals surface area contributed by atoms with Gasteiger partial charge in [-0.3, -0.25) is 19.3 Å². The van der Waals surface area contributed by atoms with Gasteiger partial charge in [-0.2, -0.15) is 0 Å². The number of fused-ring (bicyclic) bond motifs is 4. The summed E-state index contributed by atoms with van der Waals surface area (Å²) in [6, 6.07) is 43.2. The van der Waals surface area contributed by atoms with Crippen molar-refractivity contribution in [1.29, 1.82) is 0 Å². The number of aliphatic hydroxyl groups excluding tert-OH is 1. The first-order valence-electron chi connectivity index (χ1n) is 22.0. The SMILES string of the molecule is C[C@@H](NC(=O)N1C(=O)[C@@]2(c3cc(C#CCn4nnc5ccccc54)ccc31)[C@H](C(N)=O)[C@H]1C(=O)O[C@H](c3ccccc3)[C@H](c3ccccc3)N1[C@@H]2c1ccc(OCCO)cc1)c1ccccc1. The third kappa shape index (κ3) is 7.34. The van der Waals surface area contributed by atoms with Crippen molar-refractivity contribution < 1.29 is 33.8 Å². The quantitative estimate of drug-likeness (QED) is 0.102. The highest BCUT2D eigenvalue weighted by Gasteiger charge is 2.75. The number of carbonyl (C=O) groups is 4. The molecule has 0 radical (unpaired) electrons. The summed E-state index contributed by atoms with van der Waals surface area (Å²) in [5, 5.41) is 21.1. The van der Waals surface area contributed by atoms with Crippen LogP contribution in [0.15, 0.2) is 158 Å². The number of imide groups is 1. The molecule has 1 aromatic heterocycles. The summed E-state index contributed by atoms with van der Waals surface area (Å²) in [5.74, 6) is 2.86. The smallest absolute Gasteiger partial charge is 0.329 e. The fraction of sp³-hybridized carbons (Fsp3) is 0.208. The number of anilines is 1. The number of aromatic nitrogens is 3. The van der Waals surface area contributed by atoms with Gasteiger partial charge in [-0.05, 0) is 77.2 Å². The van der Waals surface area contributed by atoms with Crippen molar-refractivity contribution in [3.63, 3.8) is 0 Å². The van der Waals surface area contributed by atoms with Crippen molar-refractivity contribution in [3.05, 3.63) is 191 Å². The lowest BCUT2D eigenvalue weighted by molar-refractivity contribution is -0.178. The highest BCUT2D eigenvalue weighted by atomic mass is 16.6. The third-order valence-electron chi connectivity index (χ3n) is 13.0. The molecule has 3 aliphatic rings. The summed E-state index contributed by atoms with van der Waals surface area (Å²) in [6.45, 7) is 1.83. The van der Waals surface area contributed by atoms with E-state index < -0.39 is 65.4 Å². The number of morpholine rings is 1. The lowest BCUT2D eigenvalue weighted by Crippen LogP contribution is -2.55. The zero-order valence-corrected chi connectivity index (χ0v) is 36.3. The first-order valence-corrected chi connectivity index (χ1v) is 22.0. The van der Waals surface area contributed by atoms with E-state index in [-0.39, 0.29) is 31.0 Å². The molecule has 1 spiro atoms. The van der Waals surface area contributed by atoms with Gasteiger partial charge < -0.3 is 25.6 Å². The van der Waals surface area contributed by atoms with Crippen molar-refractivity contribution >= 4 is 40.5 Å². The molecule has 7 aromatic rings. The molecule has 0 aliphatic carbocycles. The minimum Gasteiger partial charge on any atom is -0.491 e. The van der Waals surface area contributed by atoms with Gasteiger partial charge in [0, 0.05) is 5.56 Å². The Kier molecular flexibility index (Phi) is 11.3. The highest BCUT2D eigenvalue weighted by molar-refractivity contribution is 6.24. The van der Waals surface area contributed by atoms with Crippen LogP contribution in [0.1, 0.15) is 64.5 Å². The lowest BCUT2D eigenvalue weighted by Gasteiger charge is -2.46. The van der Waals surface area contributed by atoms with E-state index in [0.29, 0.717) is 22.4 Å². The van der Waals surface area contributed by atoms with Crippen LogP contribution in [0.2, 0.25) is 0 Å². The first kappa shape index (κ1) is 42.8. The molecular weight excluding hydrogens is 847 g/mol. The Balaban J connectivity index is 1.20. The van der Waals surface area contributed by atoms with Gasteiger partial charge in [0.25, 0.3) is 0 Å². The standard InChI is InChI=1S/C53H45N7O7/c1-33(35-15-5-2-6-16-35)55-52(65)59-42-28-23-34(14-13-29-58-43-22-12-11-21-41(43)56-57-58)32-40(42)53(51(59)64)44(49(54)62)46-50(63)67-47(37-19-9-4-10-20-37)45(36-17-7-3-8-18-36)60(46)48(53)38-24-26-39(27-25-38)66-31-30-61/h2-12,15-28,32-33,44-48,61H,29-31H2,1H3,(H2,54,62)(H,55,65)/t33-,44+,45+,46+,47-,48-,53+/m1/s1. The largest absolute Gasteiger partial charge is 0.491 e. The predicted octanol–water partition coefficient (Wildman–Crippen LogP) is 6.48. The highest BCUT2D eigenvalue weighted by Crippen LogP contribution is 2.65. The van der Waals surface area contributed by atoms with Crippen LogP contribution < -0.4 is 20.7 Å². The van der Waals surface area contributed by atoms with Crippen molar-refractivity contribution in [2.75, 3.05) is 18.1 Å². The summed E-state index contributed by atoms with van der Waals surface area (Å²) in [5.41, 5.74) is 9.80. The van der Waals surface area contributed by atoms with E-state index >= 15 is 9.59 Å². The van der Waals surface area contributed by atoms with Gasteiger partial charge in [-0.15, -0.1) is 5.10 Å². The number of esters is 1. The van der Waals surface area contributed by atoms with Crippen molar-refractivity contribution in [1.82, 2.24) is 25.2 Å². The molecule has 4 N–H and O–H groups in total. The number of hydrogen-bond donors (Lipinski definition) is 3. The van der Waals surface area contributed by atoms with Crippen LogP contribution in [0, 0.1) is 17.8 Å². The van der Waals surface area contributed by atoms with Gasteiger partial charge >= 0.3 is 12.0 Å². The van der Waals surface area contributed by atoms with E-state index in [1.54, 1.807) is 47.1 Å². The second-order valence-electron chi connectivity index (χ2n) is 16.8. The molecule has 7 atom stereocenters. The Labute approximate surface area is 385 Å². The molecule has 67 heavy (non-hydrogen) atoms. The molecule has 4 heterocycles. The summed E-state index contributed by atoms with van der Waals surface area (Å²) in [6.07, 6.45) is -0.905. The summed E-state index contributed by atoms with van der Waals surface area (Å²) in [4.78, 5) is 63.8. The second kappa shape index (κ2) is 17.7. The van der Waals surface area contributed by atoms with Crippen LogP contribution in [0.25, 0.3) is 11.0 Å². The third-order valence-corrected chi connectivity index (χ3v) is 13.0. The molecule has 14 heteroatoms. The molecule has 10 rings (SSSR count). The number of urea groups is 1. The Morgan fingerprint density at radius 1 is 0.836 bits per heavy atom. The number of ether oxygens (including phenoxy) is 2. The first-order chi connectivity index (χ1) is 32.7. The van der Waals surface area contributed by atoms with E-state index in [1.807, 2.05) is 127 Å². The van der Waals surface area contributed by atoms with E-state index in [0.717, 1.165) is 27.1 Å². The Morgan fingerprint density at radius 2 is 1.51 bits per heavy atom. The molecule has 0 bridgehead atoms. The number of para-hydroxylation sites is 1. The fourth-order valence-corrected chi connectivity index (χ4v) is 10.3. The number of nitrogens with one attached hydrogen (secondary N) is 1. The average molecular weight is 892 g/mol. The van der Waals surface area contributed by atoms with Gasteiger partial charge in [-0.25, -0.2) is 14.4 Å². The molecule has 334 valence electrons. The molecule has 4 amide bonds. The molecular formula is C53H45N7O7. The van der Waals surface area contributed by atoms with Crippen LogP contribution in [0.5, 0.6) is 5.75 Å². The van der Waals surface area contributed by atoms with Gasteiger partial charge in [-0.1, -0.05) is 132 Å². The number of rotatable bonds is 10. The van der Waals surface area contributed by atoms with Crippen molar-refractivity contribution in [2.45, 2.75) is 49.2 Å². The number of primary amides is 1. The molecule has 3 aliphatic heterocycles. The van der Waals surface area contributed by atoms with Crippen LogP contribution >= 0.6 is 0 Å². The minimum absolute atomic E-state index is 0.0413. The van der Waals surface area contributed by atoms with Crippen LogP contribution in [-0.2, 0) is 31.1 Å². The zero-order chi connectivity index (χ0) is 46.2.